The fourth-order valence-corrected chi connectivity index (χ4v) is 1.22. The molecule has 0 aromatic rings. The van der Waals surface area contributed by atoms with Gasteiger partial charge in [-0.15, -0.1) is 0 Å². The Morgan fingerprint density at radius 1 is 1.67 bits per heavy atom. The molecule has 4 heteroatoms. The summed E-state index contributed by atoms with van der Waals surface area (Å²) < 4.78 is 9.71. The fraction of sp³-hybridized carbons (Fsp3) is 0.875. The maximum absolute atomic E-state index is 10.8. The van der Waals surface area contributed by atoms with Gasteiger partial charge >= 0.3 is 5.97 Å². The molecular weight excluding hydrogens is 160 g/mol. The Kier molecular flexibility index (Phi) is 3.49. The van der Waals surface area contributed by atoms with Crippen molar-refractivity contribution in [3.05, 3.63) is 0 Å². The van der Waals surface area contributed by atoms with E-state index in [9.17, 15) is 4.79 Å². The SMILES string of the molecule is COC(=O)CC1CCC(O)CO1. The second kappa shape index (κ2) is 4.42. The van der Waals surface area contributed by atoms with Gasteiger partial charge < -0.3 is 14.6 Å². The first kappa shape index (κ1) is 9.48. The highest BCUT2D eigenvalue weighted by atomic mass is 16.5. The number of carbonyl (C=O) groups is 1. The van der Waals surface area contributed by atoms with E-state index in [4.69, 9.17) is 9.84 Å². The van der Waals surface area contributed by atoms with Crippen LogP contribution in [0.4, 0.5) is 0 Å². The molecule has 1 heterocycles. The van der Waals surface area contributed by atoms with Crippen LogP contribution in [0.25, 0.3) is 0 Å². The Hall–Kier alpha value is -0.610. The number of methoxy groups -OCH3 is 1. The molecule has 12 heavy (non-hydrogen) atoms. The summed E-state index contributed by atoms with van der Waals surface area (Å²) >= 11 is 0. The first-order chi connectivity index (χ1) is 5.72. The van der Waals surface area contributed by atoms with Crippen LogP contribution < -0.4 is 0 Å². The minimum atomic E-state index is -0.362. The van der Waals surface area contributed by atoms with E-state index in [2.05, 4.69) is 4.74 Å². The van der Waals surface area contributed by atoms with Gasteiger partial charge in [-0.3, -0.25) is 4.79 Å². The molecular formula is C8H14O4. The second-order valence-corrected chi connectivity index (χ2v) is 2.97. The molecule has 1 saturated heterocycles. The van der Waals surface area contributed by atoms with Crippen molar-refractivity contribution in [2.75, 3.05) is 13.7 Å². The molecule has 1 fully saturated rings. The van der Waals surface area contributed by atoms with Crippen LogP contribution in [0.1, 0.15) is 19.3 Å². The lowest BCUT2D eigenvalue weighted by Gasteiger charge is -2.25. The van der Waals surface area contributed by atoms with Crippen LogP contribution >= 0.6 is 0 Å². The average molecular weight is 174 g/mol. The number of carbonyl (C=O) groups excluding carboxylic acids is 1. The van der Waals surface area contributed by atoms with Gasteiger partial charge in [0.15, 0.2) is 0 Å². The molecule has 70 valence electrons. The standard InChI is InChI=1S/C8H14O4/c1-11-8(10)4-7-3-2-6(9)5-12-7/h6-7,9H,2-5H2,1H3. The van der Waals surface area contributed by atoms with Gasteiger partial charge in [0.1, 0.15) is 0 Å². The van der Waals surface area contributed by atoms with Gasteiger partial charge in [-0.05, 0) is 12.8 Å². The lowest BCUT2D eigenvalue weighted by molar-refractivity contribution is -0.146. The third kappa shape index (κ3) is 2.79. The van der Waals surface area contributed by atoms with E-state index in [0.29, 0.717) is 19.4 Å². The molecule has 1 N–H and O–H groups in total. The first-order valence-corrected chi connectivity index (χ1v) is 4.09. The van der Waals surface area contributed by atoms with E-state index < -0.39 is 0 Å². The minimum absolute atomic E-state index is 0.0687. The Bertz CT molecular complexity index is 149. The van der Waals surface area contributed by atoms with Crippen LogP contribution in [0.2, 0.25) is 0 Å². The third-order valence-corrected chi connectivity index (χ3v) is 1.97. The van der Waals surface area contributed by atoms with Crippen LogP contribution in [0.3, 0.4) is 0 Å². The van der Waals surface area contributed by atoms with Crippen LogP contribution in [-0.4, -0.2) is 37.0 Å². The van der Waals surface area contributed by atoms with Crippen molar-refractivity contribution in [1.82, 2.24) is 0 Å². The van der Waals surface area contributed by atoms with Gasteiger partial charge in [-0.25, -0.2) is 0 Å². The molecule has 1 rings (SSSR count). The zero-order chi connectivity index (χ0) is 8.97. The summed E-state index contributed by atoms with van der Waals surface area (Å²) in [6, 6.07) is 0. The molecule has 0 amide bonds. The Labute approximate surface area is 71.5 Å². The van der Waals surface area contributed by atoms with Crippen molar-refractivity contribution in [3.63, 3.8) is 0 Å². The highest BCUT2D eigenvalue weighted by molar-refractivity contribution is 5.69. The van der Waals surface area contributed by atoms with Crippen LogP contribution in [0.5, 0.6) is 0 Å². The Morgan fingerprint density at radius 3 is 2.92 bits per heavy atom. The van der Waals surface area contributed by atoms with Crippen molar-refractivity contribution < 1.29 is 19.4 Å². The third-order valence-electron chi connectivity index (χ3n) is 1.97. The van der Waals surface area contributed by atoms with Gasteiger partial charge in [0.25, 0.3) is 0 Å². The average Bonchev–Trinajstić information content (AvgIpc) is 2.09. The number of rotatable bonds is 2. The van der Waals surface area contributed by atoms with E-state index in [1.54, 1.807) is 0 Å². The lowest BCUT2D eigenvalue weighted by atomic mass is 10.1. The highest BCUT2D eigenvalue weighted by Crippen LogP contribution is 2.16. The van der Waals surface area contributed by atoms with Gasteiger partial charge in [-0.1, -0.05) is 0 Å². The van der Waals surface area contributed by atoms with Crippen molar-refractivity contribution in [2.45, 2.75) is 31.5 Å². The summed E-state index contributed by atoms with van der Waals surface area (Å²) in [6.07, 6.45) is 1.31. The molecule has 0 bridgehead atoms. The molecule has 0 aromatic carbocycles. The Balaban J connectivity index is 2.21. The Morgan fingerprint density at radius 2 is 2.42 bits per heavy atom. The topological polar surface area (TPSA) is 55.8 Å². The molecule has 0 aliphatic carbocycles. The van der Waals surface area contributed by atoms with Crippen molar-refractivity contribution in [2.24, 2.45) is 0 Å². The van der Waals surface area contributed by atoms with E-state index in [1.165, 1.54) is 7.11 Å². The van der Waals surface area contributed by atoms with Gasteiger partial charge in [0, 0.05) is 0 Å². The molecule has 1 aliphatic heterocycles. The monoisotopic (exact) mass is 174 g/mol. The van der Waals surface area contributed by atoms with E-state index in [1.807, 2.05) is 0 Å². The molecule has 0 radical (unpaired) electrons. The summed E-state index contributed by atoms with van der Waals surface area (Å²) in [4.78, 5) is 10.8. The second-order valence-electron chi connectivity index (χ2n) is 2.97. The van der Waals surface area contributed by atoms with Crippen LogP contribution in [0, 0.1) is 0 Å². The molecule has 0 aromatic heterocycles. The highest BCUT2D eigenvalue weighted by Gasteiger charge is 2.22. The summed E-state index contributed by atoms with van der Waals surface area (Å²) in [5.41, 5.74) is 0. The number of hydrogen-bond donors (Lipinski definition) is 1. The normalized spacial score (nSPS) is 29.8. The predicted octanol–water partition coefficient (Wildman–Crippen LogP) is 0.0894. The molecule has 1 aliphatic rings. The lowest BCUT2D eigenvalue weighted by Crippen LogP contribution is -2.30. The number of hydrogen-bond acceptors (Lipinski definition) is 4. The van der Waals surface area contributed by atoms with Gasteiger partial charge in [-0.2, -0.15) is 0 Å². The molecule has 2 atom stereocenters. The molecule has 4 nitrogen and oxygen atoms in total. The summed E-state index contributed by atoms with van der Waals surface area (Å²) in [5, 5.41) is 9.08. The maximum atomic E-state index is 10.8. The first-order valence-electron chi connectivity index (χ1n) is 4.09. The van der Waals surface area contributed by atoms with Crippen LogP contribution in [0.15, 0.2) is 0 Å². The van der Waals surface area contributed by atoms with E-state index >= 15 is 0 Å². The number of ether oxygens (including phenoxy) is 2. The van der Waals surface area contributed by atoms with Gasteiger partial charge in [0.05, 0.1) is 32.3 Å². The number of aliphatic hydroxyl groups excluding tert-OH is 1. The minimum Gasteiger partial charge on any atom is -0.469 e. The van der Waals surface area contributed by atoms with Gasteiger partial charge in [0.2, 0.25) is 0 Å². The number of esters is 1. The fourth-order valence-electron chi connectivity index (χ4n) is 1.22. The quantitative estimate of drug-likeness (QED) is 0.603. The summed E-state index contributed by atoms with van der Waals surface area (Å²) in [6.45, 7) is 0.335. The largest absolute Gasteiger partial charge is 0.469 e. The predicted molar refractivity (Wildman–Crippen MR) is 41.6 cm³/mol. The smallest absolute Gasteiger partial charge is 0.308 e. The van der Waals surface area contributed by atoms with Crippen molar-refractivity contribution >= 4 is 5.97 Å². The van der Waals surface area contributed by atoms with E-state index in [0.717, 1.165) is 6.42 Å². The summed E-state index contributed by atoms with van der Waals surface area (Å²) in [7, 11) is 1.36. The number of aliphatic hydroxyl groups is 1. The van der Waals surface area contributed by atoms with Crippen molar-refractivity contribution in [1.29, 1.82) is 0 Å². The summed E-state index contributed by atoms with van der Waals surface area (Å²) in [5.74, 6) is -0.253. The zero-order valence-corrected chi connectivity index (χ0v) is 7.16. The van der Waals surface area contributed by atoms with E-state index in [-0.39, 0.29) is 18.2 Å². The molecule has 2 unspecified atom stereocenters. The van der Waals surface area contributed by atoms with Crippen molar-refractivity contribution in [3.8, 4) is 0 Å². The zero-order valence-electron chi connectivity index (χ0n) is 7.16. The molecule has 0 spiro atoms. The maximum Gasteiger partial charge on any atom is 0.308 e. The molecule has 0 saturated carbocycles. The van der Waals surface area contributed by atoms with Crippen LogP contribution in [-0.2, 0) is 14.3 Å².